The molecule has 19 heavy (non-hydrogen) atoms. The maximum absolute atomic E-state index is 12.2. The molecule has 0 spiro atoms. The lowest BCUT2D eigenvalue weighted by molar-refractivity contribution is -0.158. The fourth-order valence-corrected chi connectivity index (χ4v) is 2.42. The van der Waals surface area contributed by atoms with Crippen LogP contribution in [0, 0.1) is 5.92 Å². The lowest BCUT2D eigenvalue weighted by Gasteiger charge is -2.30. The van der Waals surface area contributed by atoms with E-state index in [0.29, 0.717) is 6.61 Å². The predicted octanol–water partition coefficient (Wildman–Crippen LogP) is 3.50. The van der Waals surface area contributed by atoms with E-state index in [-0.39, 0.29) is 18.0 Å². The van der Waals surface area contributed by atoms with Gasteiger partial charge in [0.1, 0.15) is 0 Å². The third-order valence-electron chi connectivity index (χ3n) is 3.50. The highest BCUT2D eigenvalue weighted by Crippen LogP contribution is 2.34. The van der Waals surface area contributed by atoms with Gasteiger partial charge in [-0.3, -0.25) is 4.79 Å². The topological polar surface area (TPSA) is 35.5 Å². The highest BCUT2D eigenvalue weighted by molar-refractivity contribution is 5.73. The minimum Gasteiger partial charge on any atom is -0.465 e. The predicted molar refractivity (Wildman–Crippen MR) is 73.7 cm³/mol. The Morgan fingerprint density at radius 3 is 2.89 bits per heavy atom. The summed E-state index contributed by atoms with van der Waals surface area (Å²) in [5.41, 5.74) is 1.07. The Hall–Kier alpha value is -1.35. The second kappa shape index (κ2) is 7.29. The highest BCUT2D eigenvalue weighted by atomic mass is 16.5. The summed E-state index contributed by atoms with van der Waals surface area (Å²) in [6.45, 7) is 3.33. The number of unbranched alkanes of at least 4 members (excludes halogenated alkanes) is 1. The molecule has 3 heteroatoms. The summed E-state index contributed by atoms with van der Waals surface area (Å²) < 4.78 is 11.2. The molecule has 0 bridgehead atoms. The number of carbonyl (C=O) groups is 1. The van der Waals surface area contributed by atoms with E-state index in [1.807, 2.05) is 30.3 Å². The molecule has 2 unspecified atom stereocenters. The van der Waals surface area contributed by atoms with E-state index in [1.54, 1.807) is 0 Å². The quantitative estimate of drug-likeness (QED) is 0.602. The Balaban J connectivity index is 2.01. The number of rotatable bonds is 5. The monoisotopic (exact) mass is 262 g/mol. The third-order valence-corrected chi connectivity index (χ3v) is 3.50. The van der Waals surface area contributed by atoms with Crippen molar-refractivity contribution in [1.82, 2.24) is 0 Å². The van der Waals surface area contributed by atoms with Crippen LogP contribution in [0.15, 0.2) is 30.3 Å². The van der Waals surface area contributed by atoms with Crippen LogP contribution in [0.25, 0.3) is 0 Å². The van der Waals surface area contributed by atoms with Gasteiger partial charge < -0.3 is 9.47 Å². The van der Waals surface area contributed by atoms with Crippen molar-refractivity contribution in [2.24, 2.45) is 5.92 Å². The van der Waals surface area contributed by atoms with Gasteiger partial charge in [0.15, 0.2) is 0 Å². The summed E-state index contributed by atoms with van der Waals surface area (Å²) in [6, 6.07) is 9.96. The molecule has 2 rings (SSSR count). The average Bonchev–Trinajstić information content (AvgIpc) is 2.48. The minimum atomic E-state index is -0.159. The van der Waals surface area contributed by atoms with Gasteiger partial charge in [-0.05, 0) is 24.8 Å². The Bertz CT molecular complexity index is 388. The summed E-state index contributed by atoms with van der Waals surface area (Å²) >= 11 is 0. The summed E-state index contributed by atoms with van der Waals surface area (Å²) in [5.74, 6) is -0.269. The van der Waals surface area contributed by atoms with Crippen molar-refractivity contribution in [3.05, 3.63) is 35.9 Å². The van der Waals surface area contributed by atoms with E-state index in [2.05, 4.69) is 6.92 Å². The Labute approximate surface area is 114 Å². The van der Waals surface area contributed by atoms with Crippen molar-refractivity contribution in [2.75, 3.05) is 13.2 Å². The first-order valence-electron chi connectivity index (χ1n) is 7.16. The molecule has 0 aliphatic carbocycles. The molecule has 1 aromatic carbocycles. The summed E-state index contributed by atoms with van der Waals surface area (Å²) in [6.07, 6.45) is 3.59. The van der Waals surface area contributed by atoms with Crippen molar-refractivity contribution in [3.8, 4) is 0 Å². The molecule has 104 valence electrons. The zero-order valence-corrected chi connectivity index (χ0v) is 11.5. The molecule has 0 radical (unpaired) electrons. The summed E-state index contributed by atoms with van der Waals surface area (Å²) in [7, 11) is 0. The zero-order valence-electron chi connectivity index (χ0n) is 11.5. The van der Waals surface area contributed by atoms with Gasteiger partial charge in [-0.25, -0.2) is 0 Å². The van der Waals surface area contributed by atoms with Crippen LogP contribution in [0.1, 0.15) is 44.3 Å². The third kappa shape index (κ3) is 3.80. The smallest absolute Gasteiger partial charge is 0.311 e. The first-order chi connectivity index (χ1) is 9.33. The maximum atomic E-state index is 12.2. The number of hydrogen-bond donors (Lipinski definition) is 0. The van der Waals surface area contributed by atoms with Crippen molar-refractivity contribution in [1.29, 1.82) is 0 Å². The molecule has 0 amide bonds. The van der Waals surface area contributed by atoms with Gasteiger partial charge >= 0.3 is 5.97 Å². The van der Waals surface area contributed by atoms with Gasteiger partial charge in [0.05, 0.1) is 18.6 Å². The van der Waals surface area contributed by atoms with Crippen molar-refractivity contribution in [3.63, 3.8) is 0 Å². The highest BCUT2D eigenvalue weighted by Gasteiger charge is 2.34. The standard InChI is InChI=1S/C16H22O3/c1-2-3-11-19-16(17)14-10-7-12-18-15(14)13-8-5-4-6-9-13/h4-6,8-9,14-15H,2-3,7,10-12H2,1H3. The minimum absolute atomic E-state index is 0.109. The molecular weight excluding hydrogens is 240 g/mol. The lowest BCUT2D eigenvalue weighted by atomic mass is 9.89. The van der Waals surface area contributed by atoms with Crippen molar-refractivity contribution >= 4 is 5.97 Å². The Kier molecular flexibility index (Phi) is 5.40. The lowest BCUT2D eigenvalue weighted by Crippen LogP contribution is -2.30. The normalized spacial score (nSPS) is 23.0. The molecule has 0 aromatic heterocycles. The SMILES string of the molecule is CCCCOC(=O)C1CCCOC1c1ccccc1. The van der Waals surface area contributed by atoms with E-state index in [0.717, 1.165) is 37.9 Å². The maximum Gasteiger partial charge on any atom is 0.311 e. The average molecular weight is 262 g/mol. The van der Waals surface area contributed by atoms with Gasteiger partial charge in [0.2, 0.25) is 0 Å². The largest absolute Gasteiger partial charge is 0.465 e. The molecule has 0 saturated carbocycles. The van der Waals surface area contributed by atoms with E-state index in [1.165, 1.54) is 0 Å². The second-order valence-corrected chi connectivity index (χ2v) is 4.97. The summed E-state index contributed by atoms with van der Waals surface area (Å²) in [4.78, 5) is 12.2. The van der Waals surface area contributed by atoms with Crippen LogP contribution < -0.4 is 0 Å². The van der Waals surface area contributed by atoms with Gasteiger partial charge in [-0.1, -0.05) is 43.7 Å². The molecule has 1 aromatic rings. The van der Waals surface area contributed by atoms with E-state index in [9.17, 15) is 4.79 Å². The van der Waals surface area contributed by atoms with Crippen LogP contribution >= 0.6 is 0 Å². The van der Waals surface area contributed by atoms with Crippen molar-refractivity contribution in [2.45, 2.75) is 38.7 Å². The van der Waals surface area contributed by atoms with E-state index in [4.69, 9.17) is 9.47 Å². The number of esters is 1. The molecule has 3 nitrogen and oxygen atoms in total. The molecule has 1 saturated heterocycles. The Morgan fingerprint density at radius 2 is 2.16 bits per heavy atom. The molecule has 1 aliphatic rings. The number of hydrogen-bond acceptors (Lipinski definition) is 3. The molecule has 1 aliphatic heterocycles. The van der Waals surface area contributed by atoms with Crippen LogP contribution in [0.4, 0.5) is 0 Å². The van der Waals surface area contributed by atoms with E-state index < -0.39 is 0 Å². The second-order valence-electron chi connectivity index (χ2n) is 4.97. The number of ether oxygens (including phenoxy) is 2. The van der Waals surface area contributed by atoms with Gasteiger partial charge in [0, 0.05) is 6.61 Å². The first-order valence-corrected chi connectivity index (χ1v) is 7.16. The zero-order chi connectivity index (χ0) is 13.5. The van der Waals surface area contributed by atoms with Crippen LogP contribution in [0.5, 0.6) is 0 Å². The Morgan fingerprint density at radius 1 is 1.37 bits per heavy atom. The molecule has 1 fully saturated rings. The fraction of sp³-hybridized carbons (Fsp3) is 0.562. The number of carbonyl (C=O) groups excluding carboxylic acids is 1. The molecular formula is C16H22O3. The van der Waals surface area contributed by atoms with Crippen LogP contribution in [-0.2, 0) is 14.3 Å². The van der Waals surface area contributed by atoms with Crippen molar-refractivity contribution < 1.29 is 14.3 Å². The summed E-state index contributed by atoms with van der Waals surface area (Å²) in [5, 5.41) is 0. The van der Waals surface area contributed by atoms with Gasteiger partial charge in [-0.15, -0.1) is 0 Å². The van der Waals surface area contributed by atoms with Crippen LogP contribution in [-0.4, -0.2) is 19.2 Å². The number of benzene rings is 1. The van der Waals surface area contributed by atoms with Gasteiger partial charge in [0.25, 0.3) is 0 Å². The van der Waals surface area contributed by atoms with Crippen LogP contribution in [0.2, 0.25) is 0 Å². The van der Waals surface area contributed by atoms with Crippen LogP contribution in [0.3, 0.4) is 0 Å². The van der Waals surface area contributed by atoms with Gasteiger partial charge in [-0.2, -0.15) is 0 Å². The fourth-order valence-electron chi connectivity index (χ4n) is 2.42. The first kappa shape index (κ1) is 14.1. The molecule has 2 atom stereocenters. The van der Waals surface area contributed by atoms with E-state index >= 15 is 0 Å². The molecule has 1 heterocycles. The molecule has 0 N–H and O–H groups in total.